The summed E-state index contributed by atoms with van der Waals surface area (Å²) < 4.78 is 0. The topological polar surface area (TPSA) is 59.2 Å². The predicted molar refractivity (Wildman–Crippen MR) is 75.5 cm³/mol. The van der Waals surface area contributed by atoms with Crippen molar-refractivity contribution in [2.45, 2.75) is 38.6 Å². The summed E-state index contributed by atoms with van der Waals surface area (Å²) in [6.45, 7) is 3.63. The minimum absolute atomic E-state index is 0.221. The Morgan fingerprint density at radius 2 is 2.21 bits per heavy atom. The first kappa shape index (κ1) is 14.0. The number of nitrogens with two attached hydrogens (primary N) is 1. The molecule has 104 valence electrons. The van der Waals surface area contributed by atoms with Crippen LogP contribution < -0.4 is 5.73 Å². The monoisotopic (exact) mass is 261 g/mol. The van der Waals surface area contributed by atoms with E-state index in [9.17, 15) is 4.79 Å². The molecule has 2 N–H and O–H groups in total. The number of hydrogen-bond acceptors (Lipinski definition) is 3. The van der Waals surface area contributed by atoms with E-state index in [-0.39, 0.29) is 11.9 Å². The number of hydrogen-bond donors (Lipinski definition) is 1. The normalized spacial score (nSPS) is 23.4. The van der Waals surface area contributed by atoms with Crippen LogP contribution in [0, 0.1) is 5.92 Å². The van der Waals surface area contributed by atoms with Gasteiger partial charge in [-0.3, -0.25) is 9.78 Å². The van der Waals surface area contributed by atoms with Crippen molar-refractivity contribution in [3.05, 3.63) is 30.1 Å². The fourth-order valence-electron chi connectivity index (χ4n) is 2.86. The molecule has 0 aliphatic carbocycles. The van der Waals surface area contributed by atoms with Crippen LogP contribution in [0.3, 0.4) is 0 Å². The lowest BCUT2D eigenvalue weighted by Crippen LogP contribution is -2.51. The second-order valence-corrected chi connectivity index (χ2v) is 5.37. The van der Waals surface area contributed by atoms with Crippen LogP contribution in [0.15, 0.2) is 24.5 Å². The number of piperidine rings is 1. The molecule has 1 aliphatic heterocycles. The summed E-state index contributed by atoms with van der Waals surface area (Å²) in [7, 11) is 0. The van der Waals surface area contributed by atoms with Gasteiger partial charge in [0.2, 0.25) is 5.91 Å². The fraction of sp³-hybridized carbons (Fsp3) is 0.600. The summed E-state index contributed by atoms with van der Waals surface area (Å²) in [5, 5.41) is 0. The Hall–Kier alpha value is -1.42. The maximum Gasteiger partial charge on any atom is 0.223 e. The molecule has 0 bridgehead atoms. The zero-order valence-electron chi connectivity index (χ0n) is 11.6. The number of likely N-dealkylation sites (tertiary alicyclic amines) is 1. The van der Waals surface area contributed by atoms with Crippen molar-refractivity contribution >= 4 is 5.91 Å². The molecule has 1 amide bonds. The van der Waals surface area contributed by atoms with Crippen molar-refractivity contribution in [1.29, 1.82) is 0 Å². The molecule has 1 fully saturated rings. The number of aromatic nitrogens is 1. The van der Waals surface area contributed by atoms with Gasteiger partial charge in [0, 0.05) is 37.9 Å². The summed E-state index contributed by atoms with van der Waals surface area (Å²) in [6, 6.07) is 4.15. The van der Waals surface area contributed by atoms with Gasteiger partial charge in [0.1, 0.15) is 0 Å². The standard InChI is InChI=1S/C15H23N3O/c1-12-3-2-10-18(14(12)11-16)15(19)5-4-13-6-8-17-9-7-13/h6-9,12,14H,2-5,10-11,16H2,1H3/t12-,14+/m1/s1. The van der Waals surface area contributed by atoms with Gasteiger partial charge in [0.15, 0.2) is 0 Å². The molecule has 19 heavy (non-hydrogen) atoms. The quantitative estimate of drug-likeness (QED) is 0.895. The lowest BCUT2D eigenvalue weighted by atomic mass is 9.90. The van der Waals surface area contributed by atoms with Gasteiger partial charge in [-0.15, -0.1) is 0 Å². The second-order valence-electron chi connectivity index (χ2n) is 5.37. The number of nitrogens with zero attached hydrogens (tertiary/aromatic N) is 2. The molecule has 2 heterocycles. The molecule has 0 spiro atoms. The lowest BCUT2D eigenvalue weighted by Gasteiger charge is -2.39. The van der Waals surface area contributed by atoms with Gasteiger partial charge in [-0.1, -0.05) is 6.92 Å². The zero-order chi connectivity index (χ0) is 13.7. The molecule has 2 atom stereocenters. The molecule has 1 saturated heterocycles. The Morgan fingerprint density at radius 3 is 2.89 bits per heavy atom. The van der Waals surface area contributed by atoms with Crippen LogP contribution in [-0.4, -0.2) is 34.9 Å². The first-order valence-corrected chi connectivity index (χ1v) is 7.11. The summed E-state index contributed by atoms with van der Waals surface area (Å²) in [4.78, 5) is 18.3. The van der Waals surface area contributed by atoms with Crippen LogP contribution >= 0.6 is 0 Å². The highest BCUT2D eigenvalue weighted by atomic mass is 16.2. The Balaban J connectivity index is 1.91. The van der Waals surface area contributed by atoms with Crippen molar-refractivity contribution in [2.24, 2.45) is 11.7 Å². The van der Waals surface area contributed by atoms with Gasteiger partial charge in [-0.25, -0.2) is 0 Å². The van der Waals surface area contributed by atoms with E-state index in [1.54, 1.807) is 12.4 Å². The number of carbonyl (C=O) groups is 1. The first-order chi connectivity index (χ1) is 9.22. The van der Waals surface area contributed by atoms with Crippen LogP contribution in [0.25, 0.3) is 0 Å². The first-order valence-electron chi connectivity index (χ1n) is 7.11. The van der Waals surface area contributed by atoms with Gasteiger partial charge >= 0.3 is 0 Å². The minimum atomic E-state index is 0.221. The molecule has 0 aromatic carbocycles. The highest BCUT2D eigenvalue weighted by molar-refractivity contribution is 5.77. The number of aryl methyl sites for hydroxylation is 1. The number of rotatable bonds is 4. The molecular weight excluding hydrogens is 238 g/mol. The van der Waals surface area contributed by atoms with Crippen LogP contribution in [0.2, 0.25) is 0 Å². The van der Waals surface area contributed by atoms with E-state index in [1.165, 1.54) is 6.42 Å². The average molecular weight is 261 g/mol. The van der Waals surface area contributed by atoms with Crippen molar-refractivity contribution in [3.63, 3.8) is 0 Å². The molecule has 1 aromatic rings. The summed E-state index contributed by atoms with van der Waals surface area (Å²) in [5.74, 6) is 0.752. The third-order valence-corrected chi connectivity index (χ3v) is 4.05. The van der Waals surface area contributed by atoms with E-state index in [1.807, 2.05) is 17.0 Å². The van der Waals surface area contributed by atoms with Gasteiger partial charge in [-0.2, -0.15) is 0 Å². The highest BCUT2D eigenvalue weighted by Gasteiger charge is 2.30. The molecule has 1 aromatic heterocycles. The molecule has 4 nitrogen and oxygen atoms in total. The van der Waals surface area contributed by atoms with Crippen LogP contribution in [0.5, 0.6) is 0 Å². The minimum Gasteiger partial charge on any atom is -0.338 e. The average Bonchev–Trinajstić information content (AvgIpc) is 2.45. The van der Waals surface area contributed by atoms with E-state index in [0.717, 1.165) is 24.9 Å². The zero-order valence-corrected chi connectivity index (χ0v) is 11.6. The van der Waals surface area contributed by atoms with E-state index < -0.39 is 0 Å². The predicted octanol–water partition coefficient (Wildman–Crippen LogP) is 1.60. The highest BCUT2D eigenvalue weighted by Crippen LogP contribution is 2.23. The number of amides is 1. The van der Waals surface area contributed by atoms with Crippen molar-refractivity contribution in [3.8, 4) is 0 Å². The molecule has 0 radical (unpaired) electrons. The number of pyridine rings is 1. The summed E-state index contributed by atoms with van der Waals surface area (Å²) in [5.41, 5.74) is 6.99. The SMILES string of the molecule is C[C@@H]1CCCN(C(=O)CCc2ccncc2)[C@H]1CN. The largest absolute Gasteiger partial charge is 0.338 e. The molecule has 0 unspecified atom stereocenters. The van der Waals surface area contributed by atoms with Gasteiger partial charge in [0.05, 0.1) is 0 Å². The Kier molecular flexibility index (Phi) is 4.91. The van der Waals surface area contributed by atoms with Crippen LogP contribution in [0.4, 0.5) is 0 Å². The summed E-state index contributed by atoms with van der Waals surface area (Å²) >= 11 is 0. The molecule has 2 rings (SSSR count). The van der Waals surface area contributed by atoms with Crippen LogP contribution in [-0.2, 0) is 11.2 Å². The van der Waals surface area contributed by atoms with Gasteiger partial charge < -0.3 is 10.6 Å². The van der Waals surface area contributed by atoms with Crippen molar-refractivity contribution in [2.75, 3.05) is 13.1 Å². The van der Waals surface area contributed by atoms with Gasteiger partial charge in [0.25, 0.3) is 0 Å². The maximum absolute atomic E-state index is 12.3. The Bertz CT molecular complexity index is 407. The second kappa shape index (κ2) is 6.66. The summed E-state index contributed by atoms with van der Waals surface area (Å²) in [6.07, 6.45) is 7.16. The fourth-order valence-corrected chi connectivity index (χ4v) is 2.86. The molecule has 0 saturated carbocycles. The Morgan fingerprint density at radius 1 is 1.47 bits per heavy atom. The van der Waals surface area contributed by atoms with Crippen molar-refractivity contribution in [1.82, 2.24) is 9.88 Å². The molecule has 4 heteroatoms. The van der Waals surface area contributed by atoms with E-state index in [0.29, 0.717) is 18.9 Å². The van der Waals surface area contributed by atoms with E-state index in [4.69, 9.17) is 5.73 Å². The van der Waals surface area contributed by atoms with Gasteiger partial charge in [-0.05, 0) is 42.9 Å². The van der Waals surface area contributed by atoms with E-state index >= 15 is 0 Å². The maximum atomic E-state index is 12.3. The number of carbonyl (C=O) groups excluding carboxylic acids is 1. The van der Waals surface area contributed by atoms with E-state index in [2.05, 4.69) is 11.9 Å². The smallest absolute Gasteiger partial charge is 0.223 e. The van der Waals surface area contributed by atoms with Crippen LogP contribution in [0.1, 0.15) is 31.7 Å². The third-order valence-electron chi connectivity index (χ3n) is 4.05. The molecular formula is C15H23N3O. The van der Waals surface area contributed by atoms with Crippen molar-refractivity contribution < 1.29 is 4.79 Å². The Labute approximate surface area is 115 Å². The third kappa shape index (κ3) is 3.53. The molecule has 1 aliphatic rings. The lowest BCUT2D eigenvalue weighted by molar-refractivity contribution is -0.136.